The number of aromatic nitrogens is 4. The highest BCUT2D eigenvalue weighted by atomic mass is 35.5. The van der Waals surface area contributed by atoms with Crippen LogP contribution in [-0.4, -0.2) is 59.3 Å². The number of halogens is 1. The van der Waals surface area contributed by atoms with E-state index in [1.54, 1.807) is 31.4 Å². The summed E-state index contributed by atoms with van der Waals surface area (Å²) in [5.41, 5.74) is 1.05. The molecular formula is C22H24ClN7O3. The maximum Gasteiger partial charge on any atom is 0.270 e. The Hall–Kier alpha value is -3.50. The third kappa shape index (κ3) is 5.85. The van der Waals surface area contributed by atoms with E-state index in [4.69, 9.17) is 21.1 Å². The number of morpholine rings is 1. The van der Waals surface area contributed by atoms with Crippen molar-refractivity contribution in [2.24, 2.45) is 0 Å². The molecular weight excluding hydrogens is 446 g/mol. The van der Waals surface area contributed by atoms with E-state index in [0.29, 0.717) is 54.8 Å². The Morgan fingerprint density at radius 1 is 1.12 bits per heavy atom. The first-order valence-corrected chi connectivity index (χ1v) is 10.8. The molecule has 2 N–H and O–H groups in total. The highest BCUT2D eigenvalue weighted by Gasteiger charge is 2.21. The number of amides is 1. The Labute approximate surface area is 196 Å². The molecule has 3 heterocycles. The predicted molar refractivity (Wildman–Crippen MR) is 124 cm³/mol. The number of hydrogen-bond donors (Lipinski definition) is 2. The lowest BCUT2D eigenvalue weighted by atomic mass is 10.2. The third-order valence-electron chi connectivity index (χ3n) is 4.97. The van der Waals surface area contributed by atoms with Gasteiger partial charge >= 0.3 is 0 Å². The molecule has 4 rings (SSSR count). The molecule has 1 aliphatic heterocycles. The van der Waals surface area contributed by atoms with Crippen molar-refractivity contribution in [3.05, 3.63) is 59.1 Å². The number of nitrogens with one attached hydrogen (secondary N) is 2. The Balaban J connectivity index is 1.57. The predicted octanol–water partition coefficient (Wildman–Crippen LogP) is 3.00. The van der Waals surface area contributed by atoms with Crippen molar-refractivity contribution >= 4 is 35.1 Å². The van der Waals surface area contributed by atoms with Crippen molar-refractivity contribution in [1.29, 1.82) is 0 Å². The largest absolute Gasteiger partial charge is 0.495 e. The van der Waals surface area contributed by atoms with Crippen molar-refractivity contribution in [2.45, 2.75) is 13.0 Å². The molecule has 0 bridgehead atoms. The molecule has 3 aromatic rings. The average Bonchev–Trinajstić information content (AvgIpc) is 2.86. The van der Waals surface area contributed by atoms with Crippen LogP contribution in [0.4, 0.5) is 17.6 Å². The van der Waals surface area contributed by atoms with E-state index in [1.807, 2.05) is 24.0 Å². The van der Waals surface area contributed by atoms with E-state index in [0.717, 1.165) is 5.69 Å². The lowest BCUT2D eigenvalue weighted by Gasteiger charge is -2.27. The number of nitrogens with zero attached hydrogens (tertiary/aromatic N) is 5. The lowest BCUT2D eigenvalue weighted by Crippen LogP contribution is -2.38. The number of anilines is 3. The first kappa shape index (κ1) is 22.7. The van der Waals surface area contributed by atoms with E-state index in [-0.39, 0.29) is 11.6 Å². The number of carbonyl (C=O) groups is 1. The molecule has 11 heteroatoms. The van der Waals surface area contributed by atoms with Gasteiger partial charge in [-0.15, -0.1) is 0 Å². The van der Waals surface area contributed by atoms with Crippen molar-refractivity contribution < 1.29 is 14.3 Å². The molecule has 10 nitrogen and oxygen atoms in total. The van der Waals surface area contributed by atoms with E-state index in [1.165, 1.54) is 6.20 Å². The Morgan fingerprint density at radius 2 is 1.88 bits per heavy atom. The van der Waals surface area contributed by atoms with E-state index >= 15 is 0 Å². The Bertz CT molecular complexity index is 1090. The topological polar surface area (TPSA) is 114 Å². The summed E-state index contributed by atoms with van der Waals surface area (Å²) >= 11 is 5.98. The summed E-state index contributed by atoms with van der Waals surface area (Å²) in [6.07, 6.45) is 1.49. The number of benzene rings is 1. The van der Waals surface area contributed by atoms with Crippen LogP contribution in [0.15, 0.2) is 42.6 Å². The van der Waals surface area contributed by atoms with E-state index in [9.17, 15) is 4.79 Å². The fourth-order valence-electron chi connectivity index (χ4n) is 3.17. The number of hydrogen-bond acceptors (Lipinski definition) is 9. The summed E-state index contributed by atoms with van der Waals surface area (Å²) in [7, 11) is 1.54. The number of carbonyl (C=O) groups excluding carboxylic acids is 1. The van der Waals surface area contributed by atoms with E-state index in [2.05, 4.69) is 30.6 Å². The van der Waals surface area contributed by atoms with Gasteiger partial charge in [-0.25, -0.2) is 4.98 Å². The van der Waals surface area contributed by atoms with Gasteiger partial charge in [0, 0.05) is 23.8 Å². The molecule has 1 atom stereocenters. The second-order valence-corrected chi connectivity index (χ2v) is 7.76. The average molecular weight is 470 g/mol. The van der Waals surface area contributed by atoms with Crippen molar-refractivity contribution in [1.82, 2.24) is 25.3 Å². The zero-order valence-electron chi connectivity index (χ0n) is 18.3. The maximum atomic E-state index is 12.7. The van der Waals surface area contributed by atoms with Crippen molar-refractivity contribution in [2.75, 3.05) is 43.6 Å². The molecule has 33 heavy (non-hydrogen) atoms. The molecule has 2 aromatic heterocycles. The molecule has 0 radical (unpaired) electrons. The van der Waals surface area contributed by atoms with Crippen LogP contribution in [0.25, 0.3) is 0 Å². The first-order chi connectivity index (χ1) is 16.0. The fourth-order valence-corrected chi connectivity index (χ4v) is 3.29. The van der Waals surface area contributed by atoms with Gasteiger partial charge < -0.3 is 25.0 Å². The highest BCUT2D eigenvalue weighted by molar-refractivity contribution is 6.30. The van der Waals surface area contributed by atoms with Crippen LogP contribution in [0.5, 0.6) is 5.75 Å². The minimum atomic E-state index is -0.491. The molecule has 1 fully saturated rings. The zero-order chi connectivity index (χ0) is 23.2. The quantitative estimate of drug-likeness (QED) is 0.538. The number of rotatable bonds is 7. The van der Waals surface area contributed by atoms with E-state index < -0.39 is 6.04 Å². The SMILES string of the molecule is COc1ccc(C(=O)N[C@@H](C)c2nc(Nc3ccc(Cl)cc3)nc(N3CCOCC3)n2)nc1. The molecule has 1 aliphatic rings. The van der Waals surface area contributed by atoms with Gasteiger partial charge in [-0.3, -0.25) is 4.79 Å². The van der Waals surface area contributed by atoms with Gasteiger partial charge in [-0.1, -0.05) is 11.6 Å². The second-order valence-electron chi connectivity index (χ2n) is 7.33. The van der Waals surface area contributed by atoms with Gasteiger partial charge in [-0.05, 0) is 43.3 Å². The smallest absolute Gasteiger partial charge is 0.270 e. The molecule has 1 saturated heterocycles. The van der Waals surface area contributed by atoms with Gasteiger partial charge in [0.1, 0.15) is 11.4 Å². The molecule has 1 aromatic carbocycles. The van der Waals surface area contributed by atoms with Crippen LogP contribution in [0.3, 0.4) is 0 Å². The Morgan fingerprint density at radius 3 is 2.55 bits per heavy atom. The summed E-state index contributed by atoms with van der Waals surface area (Å²) in [6, 6.07) is 10.0. The molecule has 172 valence electrons. The normalized spacial score (nSPS) is 14.5. The zero-order valence-corrected chi connectivity index (χ0v) is 19.0. The molecule has 0 unspecified atom stereocenters. The summed E-state index contributed by atoms with van der Waals surface area (Å²) in [5, 5.41) is 6.71. The molecule has 0 spiro atoms. The minimum Gasteiger partial charge on any atom is -0.495 e. The second kappa shape index (κ2) is 10.4. The number of methoxy groups -OCH3 is 1. The summed E-state index contributed by atoms with van der Waals surface area (Å²) in [5.74, 6) is 1.54. The summed E-state index contributed by atoms with van der Waals surface area (Å²) in [6.45, 7) is 4.33. The van der Waals surface area contributed by atoms with Gasteiger partial charge in [0.15, 0.2) is 5.82 Å². The highest BCUT2D eigenvalue weighted by Crippen LogP contribution is 2.21. The van der Waals surface area contributed by atoms with Gasteiger partial charge in [0.2, 0.25) is 11.9 Å². The van der Waals surface area contributed by atoms with Crippen LogP contribution in [0, 0.1) is 0 Å². The monoisotopic (exact) mass is 469 g/mol. The van der Waals surface area contributed by atoms with Crippen LogP contribution in [0.2, 0.25) is 5.02 Å². The standard InChI is InChI=1S/C22H24ClN7O3/c1-14(25-20(31)18-8-7-17(32-2)13-24-18)19-27-21(26-16-5-3-15(23)4-6-16)29-22(28-19)30-9-11-33-12-10-30/h3-8,13-14H,9-12H2,1-2H3,(H,25,31)(H,26,27,28,29)/t14-/m0/s1. The van der Waals surface area contributed by atoms with Crippen molar-refractivity contribution in [3.63, 3.8) is 0 Å². The molecule has 0 aliphatic carbocycles. The minimum absolute atomic E-state index is 0.268. The fraction of sp³-hybridized carbons (Fsp3) is 0.318. The van der Waals surface area contributed by atoms with Crippen molar-refractivity contribution in [3.8, 4) is 5.75 Å². The maximum absolute atomic E-state index is 12.7. The lowest BCUT2D eigenvalue weighted by molar-refractivity contribution is 0.0933. The number of pyridine rings is 1. The van der Waals surface area contributed by atoms with Gasteiger partial charge in [0.05, 0.1) is 32.6 Å². The molecule has 1 amide bonds. The van der Waals surface area contributed by atoms with Crippen LogP contribution in [-0.2, 0) is 4.74 Å². The number of ether oxygens (including phenoxy) is 2. The van der Waals surface area contributed by atoms with Crippen LogP contribution >= 0.6 is 11.6 Å². The Kier molecular flexibility index (Phi) is 7.16. The van der Waals surface area contributed by atoms with Gasteiger partial charge in [-0.2, -0.15) is 15.0 Å². The first-order valence-electron chi connectivity index (χ1n) is 10.4. The van der Waals surface area contributed by atoms with Crippen LogP contribution < -0.4 is 20.3 Å². The third-order valence-corrected chi connectivity index (χ3v) is 5.23. The van der Waals surface area contributed by atoms with Gasteiger partial charge in [0.25, 0.3) is 5.91 Å². The van der Waals surface area contributed by atoms with Crippen LogP contribution in [0.1, 0.15) is 29.3 Å². The summed E-state index contributed by atoms with van der Waals surface area (Å²) < 4.78 is 10.5. The molecule has 0 saturated carbocycles. The summed E-state index contributed by atoms with van der Waals surface area (Å²) in [4.78, 5) is 32.6.